The van der Waals surface area contributed by atoms with E-state index in [0.717, 1.165) is 47.6 Å². The predicted octanol–water partition coefficient (Wildman–Crippen LogP) is 9.09. The van der Waals surface area contributed by atoms with Gasteiger partial charge >= 0.3 is 0 Å². The van der Waals surface area contributed by atoms with Gasteiger partial charge in [0.05, 0.1) is 4.90 Å². The zero-order chi connectivity index (χ0) is 32.5. The smallest absolute Gasteiger partial charge is 0.243 e. The lowest BCUT2D eigenvalue weighted by Crippen LogP contribution is -2.30. The summed E-state index contributed by atoms with van der Waals surface area (Å²) < 4.78 is 34.9. The highest BCUT2D eigenvalue weighted by Gasteiger charge is 2.31. The average molecular weight is 645 g/mol. The van der Waals surface area contributed by atoms with Crippen LogP contribution in [-0.2, 0) is 15.4 Å². The SMILES string of the molecule is CCCCCC(C)(C)c1cc(Oc2cccc(S(=O)(=O)N(CC)CC)c2)c2c(-c3ccccc3Cl)c3c(cc2c1)C(=N)NC3=N. The van der Waals surface area contributed by atoms with Gasteiger partial charge in [-0.15, -0.1) is 0 Å². The number of benzene rings is 4. The van der Waals surface area contributed by atoms with Gasteiger partial charge in [0.2, 0.25) is 10.0 Å². The van der Waals surface area contributed by atoms with E-state index in [-0.39, 0.29) is 22.0 Å². The second kappa shape index (κ2) is 12.9. The first-order valence-electron chi connectivity index (χ1n) is 15.6. The molecule has 0 saturated carbocycles. The Morgan fingerprint density at radius 1 is 0.867 bits per heavy atom. The molecule has 4 aromatic carbocycles. The van der Waals surface area contributed by atoms with Crippen LogP contribution in [0.2, 0.25) is 5.02 Å². The number of nitrogens with zero attached hydrogens (tertiary/aromatic N) is 1. The molecule has 45 heavy (non-hydrogen) atoms. The monoisotopic (exact) mass is 644 g/mol. The highest BCUT2D eigenvalue weighted by atomic mass is 35.5. The molecule has 5 rings (SSSR count). The van der Waals surface area contributed by atoms with Crippen LogP contribution in [-0.4, -0.2) is 37.5 Å². The summed E-state index contributed by atoms with van der Waals surface area (Å²) in [6.45, 7) is 11.0. The first-order valence-corrected chi connectivity index (χ1v) is 17.4. The average Bonchev–Trinajstić information content (AvgIpc) is 3.29. The van der Waals surface area contributed by atoms with Crippen LogP contribution in [0.25, 0.3) is 21.9 Å². The number of amidine groups is 2. The third-order valence-corrected chi connectivity index (χ3v) is 11.1. The number of hydrogen-bond acceptors (Lipinski definition) is 5. The summed E-state index contributed by atoms with van der Waals surface area (Å²) in [5, 5.41) is 22.4. The summed E-state index contributed by atoms with van der Waals surface area (Å²) >= 11 is 6.80. The fraction of sp³-hybridized carbons (Fsp3) is 0.333. The van der Waals surface area contributed by atoms with Crippen molar-refractivity contribution >= 4 is 44.1 Å². The molecule has 7 nitrogen and oxygen atoms in total. The van der Waals surface area contributed by atoms with E-state index >= 15 is 0 Å². The van der Waals surface area contributed by atoms with Crippen molar-refractivity contribution in [2.75, 3.05) is 13.1 Å². The van der Waals surface area contributed by atoms with Gasteiger partial charge in [-0.3, -0.25) is 10.8 Å². The Hall–Kier alpha value is -3.72. The Kier molecular flexibility index (Phi) is 9.40. The van der Waals surface area contributed by atoms with Gasteiger partial charge in [-0.2, -0.15) is 4.31 Å². The molecule has 0 atom stereocenters. The molecular weight excluding hydrogens is 604 g/mol. The lowest BCUT2D eigenvalue weighted by atomic mass is 9.78. The number of hydrogen-bond donors (Lipinski definition) is 3. The van der Waals surface area contributed by atoms with Crippen molar-refractivity contribution in [2.45, 2.75) is 70.6 Å². The first-order chi connectivity index (χ1) is 21.4. The molecule has 4 aromatic rings. The van der Waals surface area contributed by atoms with Crippen LogP contribution in [0.4, 0.5) is 0 Å². The molecule has 0 fully saturated rings. The van der Waals surface area contributed by atoms with Gasteiger partial charge in [0.25, 0.3) is 0 Å². The van der Waals surface area contributed by atoms with E-state index in [1.54, 1.807) is 24.3 Å². The van der Waals surface area contributed by atoms with E-state index < -0.39 is 10.0 Å². The predicted molar refractivity (Wildman–Crippen MR) is 185 cm³/mol. The van der Waals surface area contributed by atoms with Gasteiger partial charge in [0.15, 0.2) is 0 Å². The standard InChI is InChI=1S/C36H41ClN4O3S/c1-6-9-12-18-36(4,5)24-19-23-20-28-33(35(39)40-34(28)38)32(27-16-10-11-17-29(27)37)31(23)30(21-24)44-25-14-13-15-26(22-25)45(42,43)41(7-2)8-3/h10-11,13-17,19-22H,6-9,12,18H2,1-5H3,(H3,38,39,40). The van der Waals surface area contributed by atoms with Gasteiger partial charge in [-0.05, 0) is 53.1 Å². The number of rotatable bonds is 12. The molecule has 1 aliphatic rings. The zero-order valence-electron chi connectivity index (χ0n) is 26.6. The molecule has 0 bridgehead atoms. The normalized spacial score (nSPS) is 13.4. The maximum atomic E-state index is 13.4. The fourth-order valence-corrected chi connectivity index (χ4v) is 7.84. The van der Waals surface area contributed by atoms with Crippen molar-refractivity contribution in [2.24, 2.45) is 0 Å². The molecule has 3 N–H and O–H groups in total. The number of ether oxygens (including phenoxy) is 1. The van der Waals surface area contributed by atoms with E-state index in [9.17, 15) is 8.42 Å². The van der Waals surface area contributed by atoms with Crippen LogP contribution >= 0.6 is 11.6 Å². The summed E-state index contributed by atoms with van der Waals surface area (Å²) in [5.41, 5.74) is 3.52. The summed E-state index contributed by atoms with van der Waals surface area (Å²) in [6, 6.07) is 20.2. The second-order valence-electron chi connectivity index (χ2n) is 12.1. The summed E-state index contributed by atoms with van der Waals surface area (Å²) in [7, 11) is -3.71. The third-order valence-electron chi connectivity index (χ3n) is 8.68. The number of unbranched alkanes of at least 4 members (excludes halogenated alkanes) is 2. The molecule has 1 heterocycles. The van der Waals surface area contributed by atoms with E-state index in [2.05, 4.69) is 32.2 Å². The molecule has 0 aliphatic carbocycles. The second-order valence-corrected chi connectivity index (χ2v) is 14.5. The van der Waals surface area contributed by atoms with Crippen LogP contribution in [0.3, 0.4) is 0 Å². The molecule has 236 valence electrons. The van der Waals surface area contributed by atoms with E-state index in [1.807, 2.05) is 50.2 Å². The van der Waals surface area contributed by atoms with E-state index in [1.165, 1.54) is 4.31 Å². The maximum Gasteiger partial charge on any atom is 0.243 e. The first kappa shape index (κ1) is 32.7. The molecule has 0 saturated heterocycles. The van der Waals surface area contributed by atoms with Crippen molar-refractivity contribution in [3.8, 4) is 22.6 Å². The molecule has 0 spiro atoms. The number of nitrogens with one attached hydrogen (secondary N) is 3. The van der Waals surface area contributed by atoms with Crippen molar-refractivity contribution in [3.05, 3.63) is 88.4 Å². The number of sulfonamides is 1. The lowest BCUT2D eigenvalue weighted by Gasteiger charge is -2.27. The largest absolute Gasteiger partial charge is 0.457 e. The Labute approximate surface area is 271 Å². The lowest BCUT2D eigenvalue weighted by molar-refractivity contribution is 0.441. The molecular formula is C36H41ClN4O3S. The van der Waals surface area contributed by atoms with E-state index in [4.69, 9.17) is 27.2 Å². The number of fused-ring (bicyclic) bond motifs is 2. The van der Waals surface area contributed by atoms with Crippen LogP contribution < -0.4 is 10.1 Å². The third kappa shape index (κ3) is 6.24. The van der Waals surface area contributed by atoms with Crippen LogP contribution in [0, 0.1) is 10.8 Å². The Bertz CT molecular complexity index is 1900. The van der Waals surface area contributed by atoms with E-state index in [0.29, 0.717) is 46.3 Å². The minimum absolute atomic E-state index is 0.119. The van der Waals surface area contributed by atoms with Crippen molar-refractivity contribution in [3.63, 3.8) is 0 Å². The quantitative estimate of drug-likeness (QED) is 0.134. The molecule has 0 aromatic heterocycles. The molecule has 0 amide bonds. The van der Waals surface area contributed by atoms with Crippen LogP contribution in [0.15, 0.2) is 71.6 Å². The van der Waals surface area contributed by atoms with Gasteiger partial charge in [-0.25, -0.2) is 8.42 Å². The summed E-state index contributed by atoms with van der Waals surface area (Å²) in [6.07, 6.45) is 4.34. The molecule has 0 unspecified atom stereocenters. The van der Waals surface area contributed by atoms with Crippen LogP contribution in [0.1, 0.15) is 77.0 Å². The topological polar surface area (TPSA) is 106 Å². The summed E-state index contributed by atoms with van der Waals surface area (Å²) in [4.78, 5) is 0.163. The molecule has 1 aliphatic heterocycles. The fourth-order valence-electron chi connectivity index (χ4n) is 6.12. The Morgan fingerprint density at radius 2 is 1.60 bits per heavy atom. The molecule has 9 heteroatoms. The van der Waals surface area contributed by atoms with Crippen molar-refractivity contribution < 1.29 is 13.2 Å². The van der Waals surface area contributed by atoms with Gasteiger partial charge in [0.1, 0.15) is 23.2 Å². The minimum Gasteiger partial charge on any atom is -0.457 e. The Morgan fingerprint density at radius 3 is 2.29 bits per heavy atom. The number of halogens is 1. The van der Waals surface area contributed by atoms with Crippen molar-refractivity contribution in [1.82, 2.24) is 9.62 Å². The maximum absolute atomic E-state index is 13.4. The van der Waals surface area contributed by atoms with Gasteiger partial charge in [-0.1, -0.05) is 95.8 Å². The highest BCUT2D eigenvalue weighted by Crippen LogP contribution is 2.47. The Balaban J connectivity index is 1.80. The van der Waals surface area contributed by atoms with Gasteiger partial charge < -0.3 is 10.1 Å². The van der Waals surface area contributed by atoms with Crippen LogP contribution in [0.5, 0.6) is 11.5 Å². The summed E-state index contributed by atoms with van der Waals surface area (Å²) in [5.74, 6) is 1.20. The highest BCUT2D eigenvalue weighted by molar-refractivity contribution is 7.89. The van der Waals surface area contributed by atoms with Crippen molar-refractivity contribution in [1.29, 1.82) is 10.8 Å². The zero-order valence-corrected chi connectivity index (χ0v) is 28.1. The molecule has 0 radical (unpaired) electrons. The minimum atomic E-state index is -3.71. The van der Waals surface area contributed by atoms with Gasteiger partial charge in [0, 0.05) is 51.8 Å².